The summed E-state index contributed by atoms with van der Waals surface area (Å²) in [7, 11) is 0. The second-order valence-corrected chi connectivity index (χ2v) is 3.46. The maximum atomic E-state index is 9.12. The van der Waals surface area contributed by atoms with Crippen LogP contribution in [0.15, 0.2) is 28.7 Å². The van der Waals surface area contributed by atoms with Crippen LogP contribution in [0.1, 0.15) is 17.3 Å². The Kier molecular flexibility index (Phi) is 3.16. The van der Waals surface area contributed by atoms with E-state index in [2.05, 4.69) is 10.2 Å². The fraction of sp³-hybridized carbons (Fsp3) is 0.273. The van der Waals surface area contributed by atoms with Crippen molar-refractivity contribution in [2.75, 3.05) is 0 Å². The van der Waals surface area contributed by atoms with Gasteiger partial charge in [-0.2, -0.15) is 0 Å². The molecule has 1 aromatic carbocycles. The fourth-order valence-electron chi connectivity index (χ4n) is 1.39. The molecular formula is C11H13N3O2. The van der Waals surface area contributed by atoms with Crippen LogP contribution in [0.2, 0.25) is 0 Å². The number of phenols is 1. The summed E-state index contributed by atoms with van der Waals surface area (Å²) in [4.78, 5) is 0. The van der Waals surface area contributed by atoms with Crippen molar-refractivity contribution >= 4 is 0 Å². The van der Waals surface area contributed by atoms with Gasteiger partial charge in [-0.05, 0) is 24.1 Å². The first kappa shape index (κ1) is 10.6. The number of hydrogen-bond acceptors (Lipinski definition) is 5. The van der Waals surface area contributed by atoms with Gasteiger partial charge in [-0.3, -0.25) is 0 Å². The van der Waals surface area contributed by atoms with Crippen LogP contribution in [0.5, 0.6) is 5.75 Å². The quantitative estimate of drug-likeness (QED) is 0.801. The number of aromatic nitrogens is 2. The SMILES string of the molecule is NCc1nnc(CCc2ccc(O)cc2)o1. The first-order valence-electron chi connectivity index (χ1n) is 5.07. The zero-order chi connectivity index (χ0) is 11.4. The van der Waals surface area contributed by atoms with E-state index in [0.717, 1.165) is 12.0 Å². The molecule has 1 heterocycles. The van der Waals surface area contributed by atoms with Crippen molar-refractivity contribution in [2.45, 2.75) is 19.4 Å². The zero-order valence-corrected chi connectivity index (χ0v) is 8.76. The smallest absolute Gasteiger partial charge is 0.230 e. The first-order valence-corrected chi connectivity index (χ1v) is 5.07. The lowest BCUT2D eigenvalue weighted by atomic mass is 10.1. The third kappa shape index (κ3) is 2.58. The second kappa shape index (κ2) is 4.76. The number of aryl methyl sites for hydroxylation is 2. The van der Waals surface area contributed by atoms with Crippen molar-refractivity contribution in [3.63, 3.8) is 0 Å². The largest absolute Gasteiger partial charge is 0.508 e. The molecule has 0 spiro atoms. The van der Waals surface area contributed by atoms with Gasteiger partial charge in [-0.25, -0.2) is 0 Å². The van der Waals surface area contributed by atoms with E-state index >= 15 is 0 Å². The van der Waals surface area contributed by atoms with Gasteiger partial charge in [-0.1, -0.05) is 12.1 Å². The van der Waals surface area contributed by atoms with E-state index in [1.54, 1.807) is 12.1 Å². The predicted octanol–water partition coefficient (Wildman–Crippen LogP) is 1.02. The van der Waals surface area contributed by atoms with E-state index < -0.39 is 0 Å². The molecule has 2 rings (SSSR count). The monoisotopic (exact) mass is 219 g/mol. The highest BCUT2D eigenvalue weighted by atomic mass is 16.4. The maximum absolute atomic E-state index is 9.12. The molecule has 2 aromatic rings. The highest BCUT2D eigenvalue weighted by molar-refractivity contribution is 5.26. The minimum Gasteiger partial charge on any atom is -0.508 e. The molecule has 0 aliphatic heterocycles. The molecule has 5 nitrogen and oxygen atoms in total. The molecule has 0 amide bonds. The number of phenolic OH excluding ortho intramolecular Hbond substituents is 1. The summed E-state index contributed by atoms with van der Waals surface area (Å²) in [5, 5.41) is 16.8. The molecular weight excluding hydrogens is 206 g/mol. The lowest BCUT2D eigenvalue weighted by Gasteiger charge is -1.98. The Morgan fingerprint density at radius 3 is 2.38 bits per heavy atom. The van der Waals surface area contributed by atoms with Crippen LogP contribution in [0, 0.1) is 0 Å². The summed E-state index contributed by atoms with van der Waals surface area (Å²) in [6, 6.07) is 7.06. The van der Waals surface area contributed by atoms with Crippen LogP contribution in [-0.2, 0) is 19.4 Å². The predicted molar refractivity (Wildman–Crippen MR) is 57.7 cm³/mol. The van der Waals surface area contributed by atoms with Gasteiger partial charge in [0, 0.05) is 6.42 Å². The normalized spacial score (nSPS) is 10.6. The zero-order valence-electron chi connectivity index (χ0n) is 8.76. The van der Waals surface area contributed by atoms with Crippen molar-refractivity contribution in [1.82, 2.24) is 10.2 Å². The molecule has 0 radical (unpaired) electrons. The Morgan fingerprint density at radius 1 is 1.06 bits per heavy atom. The summed E-state index contributed by atoms with van der Waals surface area (Å²) < 4.78 is 5.28. The molecule has 0 unspecified atom stereocenters. The van der Waals surface area contributed by atoms with Gasteiger partial charge in [0.15, 0.2) is 0 Å². The molecule has 0 saturated heterocycles. The Hall–Kier alpha value is -1.88. The summed E-state index contributed by atoms with van der Waals surface area (Å²) in [5.41, 5.74) is 6.48. The molecule has 0 bridgehead atoms. The van der Waals surface area contributed by atoms with Crippen molar-refractivity contribution in [2.24, 2.45) is 5.73 Å². The average Bonchev–Trinajstić information content (AvgIpc) is 2.76. The minimum absolute atomic E-state index is 0.270. The van der Waals surface area contributed by atoms with Crippen LogP contribution < -0.4 is 5.73 Å². The van der Waals surface area contributed by atoms with Crippen molar-refractivity contribution < 1.29 is 9.52 Å². The molecule has 0 saturated carbocycles. The van der Waals surface area contributed by atoms with Crippen LogP contribution in [0.25, 0.3) is 0 Å². The van der Waals surface area contributed by atoms with E-state index in [1.165, 1.54) is 0 Å². The van der Waals surface area contributed by atoms with E-state index in [0.29, 0.717) is 18.2 Å². The summed E-state index contributed by atoms with van der Waals surface area (Å²) in [5.74, 6) is 1.32. The van der Waals surface area contributed by atoms with E-state index in [-0.39, 0.29) is 12.3 Å². The third-order valence-electron chi connectivity index (χ3n) is 2.25. The summed E-state index contributed by atoms with van der Waals surface area (Å²) in [6.45, 7) is 0.270. The Bertz CT molecular complexity index is 451. The Morgan fingerprint density at radius 2 is 1.75 bits per heavy atom. The van der Waals surface area contributed by atoms with Crippen molar-refractivity contribution in [3.8, 4) is 5.75 Å². The summed E-state index contributed by atoms with van der Waals surface area (Å²) >= 11 is 0. The van der Waals surface area contributed by atoms with Gasteiger partial charge in [0.1, 0.15) is 5.75 Å². The van der Waals surface area contributed by atoms with Gasteiger partial charge >= 0.3 is 0 Å². The standard InChI is InChI=1S/C11H13N3O2/c12-7-11-14-13-10(16-11)6-3-8-1-4-9(15)5-2-8/h1-2,4-5,15H,3,6-7,12H2. The van der Waals surface area contributed by atoms with Crippen LogP contribution in [0.4, 0.5) is 0 Å². The number of nitrogens with zero attached hydrogens (tertiary/aromatic N) is 2. The topological polar surface area (TPSA) is 85.2 Å². The maximum Gasteiger partial charge on any atom is 0.230 e. The highest BCUT2D eigenvalue weighted by Crippen LogP contribution is 2.11. The molecule has 84 valence electrons. The van der Waals surface area contributed by atoms with Crippen molar-refractivity contribution in [3.05, 3.63) is 41.6 Å². The van der Waals surface area contributed by atoms with Gasteiger partial charge in [0.25, 0.3) is 0 Å². The van der Waals surface area contributed by atoms with Gasteiger partial charge in [0.05, 0.1) is 6.54 Å². The molecule has 0 atom stereocenters. The van der Waals surface area contributed by atoms with Crippen molar-refractivity contribution in [1.29, 1.82) is 0 Å². The van der Waals surface area contributed by atoms with E-state index in [4.69, 9.17) is 15.3 Å². The third-order valence-corrected chi connectivity index (χ3v) is 2.25. The van der Waals surface area contributed by atoms with Gasteiger partial charge in [0.2, 0.25) is 11.8 Å². The van der Waals surface area contributed by atoms with E-state index in [1.807, 2.05) is 12.1 Å². The minimum atomic E-state index is 0.270. The van der Waals surface area contributed by atoms with Gasteiger partial charge < -0.3 is 15.3 Å². The lowest BCUT2D eigenvalue weighted by Crippen LogP contribution is -1.95. The second-order valence-electron chi connectivity index (χ2n) is 3.46. The molecule has 0 fully saturated rings. The first-order chi connectivity index (χ1) is 7.78. The van der Waals surface area contributed by atoms with Crippen LogP contribution in [0.3, 0.4) is 0 Å². The highest BCUT2D eigenvalue weighted by Gasteiger charge is 2.04. The Labute approximate surface area is 92.9 Å². The van der Waals surface area contributed by atoms with Crippen LogP contribution >= 0.6 is 0 Å². The number of hydrogen-bond donors (Lipinski definition) is 2. The van der Waals surface area contributed by atoms with E-state index in [9.17, 15) is 0 Å². The molecule has 5 heteroatoms. The number of aromatic hydroxyl groups is 1. The number of nitrogens with two attached hydrogens (primary N) is 1. The Balaban J connectivity index is 1.94. The summed E-state index contributed by atoms with van der Waals surface area (Å²) in [6.07, 6.45) is 1.48. The average molecular weight is 219 g/mol. The number of benzene rings is 1. The van der Waals surface area contributed by atoms with Gasteiger partial charge in [-0.15, -0.1) is 10.2 Å². The lowest BCUT2D eigenvalue weighted by molar-refractivity contribution is 0.450. The molecule has 0 aliphatic carbocycles. The fourth-order valence-corrected chi connectivity index (χ4v) is 1.39. The molecule has 3 N–H and O–H groups in total. The van der Waals surface area contributed by atoms with Crippen LogP contribution in [-0.4, -0.2) is 15.3 Å². The molecule has 1 aromatic heterocycles. The molecule has 0 aliphatic rings. The molecule has 16 heavy (non-hydrogen) atoms. The number of rotatable bonds is 4.